The zero-order valence-electron chi connectivity index (χ0n) is 11.3. The zero-order valence-corrected chi connectivity index (χ0v) is 11.3. The summed E-state index contributed by atoms with van der Waals surface area (Å²) < 4.78 is 0. The summed E-state index contributed by atoms with van der Waals surface area (Å²) in [5.74, 6) is -0.357. The Morgan fingerprint density at radius 1 is 1.33 bits per heavy atom. The highest BCUT2D eigenvalue weighted by molar-refractivity contribution is 6.01. The minimum atomic E-state index is -0.632. The number of nitrogens with one attached hydrogen (secondary N) is 1. The number of nitrogens with two attached hydrogens (primary N) is 1. The van der Waals surface area contributed by atoms with Crippen molar-refractivity contribution in [2.75, 3.05) is 11.1 Å². The molecule has 0 fully saturated rings. The van der Waals surface area contributed by atoms with Crippen LogP contribution >= 0.6 is 0 Å². The molecular weight excluding hydrogens is 272 g/mol. The molecule has 1 aromatic carbocycles. The second kappa shape index (κ2) is 6.00. The summed E-state index contributed by atoms with van der Waals surface area (Å²) in [5, 5.41) is 13.8. The molecule has 0 bridgehead atoms. The molecule has 2 rings (SSSR count). The van der Waals surface area contributed by atoms with E-state index in [-0.39, 0.29) is 23.0 Å². The van der Waals surface area contributed by atoms with E-state index >= 15 is 0 Å². The molecule has 7 nitrogen and oxygen atoms in total. The molecule has 0 spiro atoms. The molecule has 1 unspecified atom stereocenters. The van der Waals surface area contributed by atoms with Crippen molar-refractivity contribution in [1.29, 1.82) is 0 Å². The molecule has 0 saturated heterocycles. The van der Waals surface area contributed by atoms with Crippen LogP contribution in [0.5, 0.6) is 0 Å². The average molecular weight is 286 g/mol. The van der Waals surface area contributed by atoms with Crippen LogP contribution in [0.4, 0.5) is 17.2 Å². The van der Waals surface area contributed by atoms with Crippen LogP contribution in [0, 0.1) is 10.1 Å². The van der Waals surface area contributed by atoms with Crippen molar-refractivity contribution >= 4 is 23.0 Å². The number of Topliss-reactive ketones (excluding diaryl/α,β-unsaturated/α-hetero) is 1. The number of rotatable bonds is 5. The Balaban J connectivity index is 2.24. The summed E-state index contributed by atoms with van der Waals surface area (Å²) in [6.45, 7) is 1.63. The van der Waals surface area contributed by atoms with Gasteiger partial charge in [-0.25, -0.2) is 4.98 Å². The molecule has 0 aliphatic heterocycles. The van der Waals surface area contributed by atoms with Crippen molar-refractivity contribution in [3.63, 3.8) is 0 Å². The van der Waals surface area contributed by atoms with Crippen LogP contribution in [0.15, 0.2) is 42.6 Å². The Labute approximate surface area is 121 Å². The Morgan fingerprint density at radius 2 is 2.00 bits per heavy atom. The fraction of sp³-hybridized carbons (Fsp3) is 0.143. The van der Waals surface area contributed by atoms with E-state index in [1.54, 1.807) is 31.2 Å². The number of nitrogen functional groups attached to an aromatic ring is 1. The van der Waals surface area contributed by atoms with Gasteiger partial charge < -0.3 is 11.1 Å². The number of aromatic nitrogens is 1. The number of hydrogen-bond donors (Lipinski definition) is 2. The topological polar surface area (TPSA) is 111 Å². The summed E-state index contributed by atoms with van der Waals surface area (Å²) in [4.78, 5) is 26.3. The fourth-order valence-electron chi connectivity index (χ4n) is 1.93. The van der Waals surface area contributed by atoms with Gasteiger partial charge in [-0.05, 0) is 13.0 Å². The number of anilines is 2. The molecule has 0 amide bonds. The van der Waals surface area contributed by atoms with Gasteiger partial charge in [0.25, 0.3) is 0 Å². The molecule has 0 aliphatic carbocycles. The number of carbonyl (C=O) groups excluding carboxylic acids is 1. The molecule has 3 N–H and O–H groups in total. The Bertz CT molecular complexity index is 673. The standard InChI is InChI=1S/C14H14N4O3/c1-9(13(19)10-5-3-2-4-6-10)17-11-7-8-16-14(15)12(11)18(20)21/h2-9H,1H3,(H3,15,16,17). The molecule has 1 aromatic heterocycles. The van der Waals surface area contributed by atoms with Crippen molar-refractivity contribution in [3.05, 3.63) is 58.3 Å². The number of nitro groups is 1. The van der Waals surface area contributed by atoms with E-state index in [0.29, 0.717) is 5.56 Å². The van der Waals surface area contributed by atoms with Crippen LogP contribution < -0.4 is 11.1 Å². The normalized spacial score (nSPS) is 11.7. The van der Waals surface area contributed by atoms with Crippen LogP contribution in [-0.4, -0.2) is 21.7 Å². The molecule has 0 aliphatic rings. The number of nitrogens with zero attached hydrogens (tertiary/aromatic N) is 2. The van der Waals surface area contributed by atoms with E-state index in [1.165, 1.54) is 12.3 Å². The third-order valence-corrected chi connectivity index (χ3v) is 2.96. The lowest BCUT2D eigenvalue weighted by Gasteiger charge is -2.14. The highest BCUT2D eigenvalue weighted by Gasteiger charge is 2.23. The van der Waals surface area contributed by atoms with E-state index in [4.69, 9.17) is 5.73 Å². The largest absolute Gasteiger partial charge is 0.378 e. The van der Waals surface area contributed by atoms with Gasteiger partial charge in [0, 0.05) is 11.8 Å². The first-order chi connectivity index (χ1) is 10.0. The maximum Gasteiger partial charge on any atom is 0.333 e. The average Bonchev–Trinajstić information content (AvgIpc) is 2.47. The van der Waals surface area contributed by atoms with Crippen molar-refractivity contribution in [2.45, 2.75) is 13.0 Å². The van der Waals surface area contributed by atoms with Crippen molar-refractivity contribution in [1.82, 2.24) is 4.98 Å². The van der Waals surface area contributed by atoms with Gasteiger partial charge in [0.2, 0.25) is 5.82 Å². The minimum Gasteiger partial charge on any atom is -0.378 e. The smallest absolute Gasteiger partial charge is 0.333 e. The Hall–Kier alpha value is -2.96. The van der Waals surface area contributed by atoms with Gasteiger partial charge in [-0.2, -0.15) is 0 Å². The summed E-state index contributed by atoms with van der Waals surface area (Å²) in [5.41, 5.74) is 5.88. The highest BCUT2D eigenvalue weighted by Crippen LogP contribution is 2.29. The van der Waals surface area contributed by atoms with Gasteiger partial charge in [-0.15, -0.1) is 0 Å². The number of benzene rings is 1. The maximum absolute atomic E-state index is 12.2. The van der Waals surface area contributed by atoms with E-state index in [0.717, 1.165) is 0 Å². The highest BCUT2D eigenvalue weighted by atomic mass is 16.6. The number of ketones is 1. The van der Waals surface area contributed by atoms with Crippen LogP contribution in [0.3, 0.4) is 0 Å². The number of pyridine rings is 1. The SMILES string of the molecule is CC(Nc1ccnc(N)c1[N+](=O)[O-])C(=O)c1ccccc1. The van der Waals surface area contributed by atoms with E-state index in [2.05, 4.69) is 10.3 Å². The third-order valence-electron chi connectivity index (χ3n) is 2.96. The molecule has 1 atom stereocenters. The fourth-order valence-corrected chi connectivity index (χ4v) is 1.93. The predicted octanol–water partition coefficient (Wildman–Crippen LogP) is 2.26. The second-order valence-corrected chi connectivity index (χ2v) is 4.45. The molecule has 0 saturated carbocycles. The van der Waals surface area contributed by atoms with Gasteiger partial charge in [0.05, 0.1) is 11.0 Å². The van der Waals surface area contributed by atoms with E-state index < -0.39 is 11.0 Å². The number of hydrogen-bond acceptors (Lipinski definition) is 6. The lowest BCUT2D eigenvalue weighted by Crippen LogP contribution is -2.26. The summed E-state index contributed by atoms with van der Waals surface area (Å²) in [6.07, 6.45) is 1.35. The number of carbonyl (C=O) groups is 1. The zero-order chi connectivity index (χ0) is 15.4. The molecule has 108 valence electrons. The van der Waals surface area contributed by atoms with E-state index in [9.17, 15) is 14.9 Å². The summed E-state index contributed by atoms with van der Waals surface area (Å²) in [6, 6.07) is 9.49. The lowest BCUT2D eigenvalue weighted by atomic mass is 10.1. The molecule has 1 heterocycles. The molecule has 7 heteroatoms. The first kappa shape index (κ1) is 14.4. The predicted molar refractivity (Wildman–Crippen MR) is 79.2 cm³/mol. The lowest BCUT2D eigenvalue weighted by molar-refractivity contribution is -0.383. The van der Waals surface area contributed by atoms with Crippen LogP contribution in [-0.2, 0) is 0 Å². The third kappa shape index (κ3) is 3.14. The summed E-state index contributed by atoms with van der Waals surface area (Å²) >= 11 is 0. The van der Waals surface area contributed by atoms with Crippen LogP contribution in [0.1, 0.15) is 17.3 Å². The summed E-state index contributed by atoms with van der Waals surface area (Å²) in [7, 11) is 0. The molecular formula is C14H14N4O3. The van der Waals surface area contributed by atoms with Gasteiger partial charge in [-0.1, -0.05) is 30.3 Å². The van der Waals surface area contributed by atoms with Crippen molar-refractivity contribution < 1.29 is 9.72 Å². The van der Waals surface area contributed by atoms with Gasteiger partial charge >= 0.3 is 5.69 Å². The van der Waals surface area contributed by atoms with Crippen molar-refractivity contribution in [3.8, 4) is 0 Å². The first-order valence-corrected chi connectivity index (χ1v) is 6.25. The molecule has 21 heavy (non-hydrogen) atoms. The minimum absolute atomic E-state index is 0.166. The van der Waals surface area contributed by atoms with Gasteiger partial charge in [0.15, 0.2) is 5.78 Å². The van der Waals surface area contributed by atoms with Gasteiger partial charge in [0.1, 0.15) is 5.69 Å². The molecule has 0 radical (unpaired) electrons. The second-order valence-electron chi connectivity index (χ2n) is 4.45. The van der Waals surface area contributed by atoms with Crippen molar-refractivity contribution in [2.24, 2.45) is 0 Å². The van der Waals surface area contributed by atoms with E-state index in [1.807, 2.05) is 6.07 Å². The Morgan fingerprint density at radius 3 is 2.62 bits per heavy atom. The molecule has 2 aromatic rings. The van der Waals surface area contributed by atoms with Crippen LogP contribution in [0.25, 0.3) is 0 Å². The van der Waals surface area contributed by atoms with Crippen LogP contribution in [0.2, 0.25) is 0 Å². The van der Waals surface area contributed by atoms with Gasteiger partial charge in [-0.3, -0.25) is 14.9 Å². The first-order valence-electron chi connectivity index (χ1n) is 6.25. The maximum atomic E-state index is 12.2. The quantitative estimate of drug-likeness (QED) is 0.495. The Kier molecular flexibility index (Phi) is 4.13. The monoisotopic (exact) mass is 286 g/mol.